The maximum Gasteiger partial charge on any atom is 0.123 e. The highest BCUT2D eigenvalue weighted by Gasteiger charge is 2.20. The average molecular weight is 234 g/mol. The first-order valence-corrected chi connectivity index (χ1v) is 5.50. The van der Waals surface area contributed by atoms with Crippen LogP contribution < -0.4 is 0 Å². The summed E-state index contributed by atoms with van der Waals surface area (Å²) < 4.78 is 18.3. The van der Waals surface area contributed by atoms with Gasteiger partial charge in [-0.15, -0.1) is 0 Å². The molecule has 1 aromatic heterocycles. The maximum atomic E-state index is 12.8. The van der Waals surface area contributed by atoms with E-state index in [0.717, 1.165) is 16.9 Å². The number of aliphatic hydroxyl groups excluding tert-OH is 1. The van der Waals surface area contributed by atoms with Gasteiger partial charge in [0.2, 0.25) is 0 Å². The summed E-state index contributed by atoms with van der Waals surface area (Å²) in [5.41, 5.74) is 2.38. The number of benzene rings is 1. The molecule has 0 aliphatic heterocycles. The van der Waals surface area contributed by atoms with Gasteiger partial charge in [-0.3, -0.25) is 0 Å². The fourth-order valence-corrected chi connectivity index (χ4v) is 2.02. The highest BCUT2D eigenvalue weighted by atomic mass is 19.1. The molecule has 1 unspecified atom stereocenters. The molecule has 0 bridgehead atoms. The molecule has 1 atom stereocenters. The average Bonchev–Trinajstić information content (AvgIpc) is 2.53. The Morgan fingerprint density at radius 1 is 1.06 bits per heavy atom. The minimum atomic E-state index is -0.770. The summed E-state index contributed by atoms with van der Waals surface area (Å²) in [4.78, 5) is 0. The van der Waals surface area contributed by atoms with Crippen LogP contribution >= 0.6 is 0 Å². The Kier molecular flexibility index (Phi) is 3.03. The molecule has 0 saturated heterocycles. The largest absolute Gasteiger partial charge is 0.466 e. The molecular weight excluding hydrogens is 219 g/mol. The van der Waals surface area contributed by atoms with Crippen LogP contribution in [0.3, 0.4) is 0 Å². The van der Waals surface area contributed by atoms with Crippen molar-refractivity contribution >= 4 is 0 Å². The Labute approximate surface area is 99.7 Å². The molecule has 0 spiro atoms. The van der Waals surface area contributed by atoms with Gasteiger partial charge in [-0.2, -0.15) is 0 Å². The van der Waals surface area contributed by atoms with Crippen LogP contribution in [0.25, 0.3) is 0 Å². The molecule has 2 aromatic rings. The second kappa shape index (κ2) is 4.34. The van der Waals surface area contributed by atoms with Gasteiger partial charge >= 0.3 is 0 Å². The molecule has 2 rings (SSSR count). The number of furan rings is 1. The molecule has 17 heavy (non-hydrogen) atoms. The molecule has 0 aliphatic rings. The lowest BCUT2D eigenvalue weighted by Gasteiger charge is -2.11. The van der Waals surface area contributed by atoms with Crippen LogP contribution in [0, 0.1) is 26.6 Å². The number of hydrogen-bond donors (Lipinski definition) is 1. The molecule has 2 nitrogen and oxygen atoms in total. The van der Waals surface area contributed by atoms with Crippen molar-refractivity contribution in [1.29, 1.82) is 0 Å². The summed E-state index contributed by atoms with van der Waals surface area (Å²) >= 11 is 0. The van der Waals surface area contributed by atoms with Crippen molar-refractivity contribution in [1.82, 2.24) is 0 Å². The van der Waals surface area contributed by atoms with Crippen molar-refractivity contribution in [2.75, 3.05) is 0 Å². The fraction of sp³-hybridized carbons (Fsp3) is 0.286. The lowest BCUT2D eigenvalue weighted by molar-refractivity contribution is 0.217. The minimum Gasteiger partial charge on any atom is -0.466 e. The first-order chi connectivity index (χ1) is 8.00. The van der Waals surface area contributed by atoms with Crippen LogP contribution in [0.2, 0.25) is 0 Å². The number of rotatable bonds is 2. The topological polar surface area (TPSA) is 33.4 Å². The molecule has 1 heterocycles. The van der Waals surface area contributed by atoms with Crippen molar-refractivity contribution in [2.24, 2.45) is 0 Å². The van der Waals surface area contributed by atoms with Gasteiger partial charge in [-0.1, -0.05) is 12.1 Å². The van der Waals surface area contributed by atoms with Gasteiger partial charge in [-0.25, -0.2) is 4.39 Å². The Morgan fingerprint density at radius 2 is 1.65 bits per heavy atom. The van der Waals surface area contributed by atoms with E-state index < -0.39 is 6.10 Å². The second-order valence-electron chi connectivity index (χ2n) is 4.21. The molecule has 0 radical (unpaired) electrons. The first kappa shape index (κ1) is 11.9. The Bertz CT molecular complexity index is 526. The van der Waals surface area contributed by atoms with Crippen molar-refractivity contribution in [3.8, 4) is 0 Å². The Hall–Kier alpha value is -1.61. The third-order valence-corrected chi connectivity index (χ3v) is 3.08. The molecule has 1 N–H and O–H groups in total. The smallest absolute Gasteiger partial charge is 0.123 e. The van der Waals surface area contributed by atoms with Gasteiger partial charge in [0.15, 0.2) is 0 Å². The van der Waals surface area contributed by atoms with Crippen molar-refractivity contribution in [2.45, 2.75) is 26.9 Å². The number of aryl methyl sites for hydroxylation is 2. The van der Waals surface area contributed by atoms with Crippen molar-refractivity contribution in [3.63, 3.8) is 0 Å². The van der Waals surface area contributed by atoms with E-state index >= 15 is 0 Å². The zero-order valence-electron chi connectivity index (χ0n) is 10.1. The number of aliphatic hydroxyl groups is 1. The minimum absolute atomic E-state index is 0.308. The number of halogens is 1. The second-order valence-corrected chi connectivity index (χ2v) is 4.21. The molecule has 0 aliphatic carbocycles. The normalized spacial score (nSPS) is 12.8. The summed E-state index contributed by atoms with van der Waals surface area (Å²) in [5, 5.41) is 10.3. The van der Waals surface area contributed by atoms with E-state index in [1.54, 1.807) is 12.1 Å². The summed E-state index contributed by atoms with van der Waals surface area (Å²) in [5.74, 6) is 1.20. The van der Waals surface area contributed by atoms with E-state index in [1.165, 1.54) is 12.1 Å². The van der Waals surface area contributed by atoms with Crippen LogP contribution in [0.15, 0.2) is 28.7 Å². The molecular formula is C14H15FO2. The third kappa shape index (κ3) is 2.11. The third-order valence-electron chi connectivity index (χ3n) is 3.08. The van der Waals surface area contributed by atoms with Gasteiger partial charge in [0.1, 0.15) is 23.4 Å². The van der Waals surface area contributed by atoms with Gasteiger partial charge in [0.05, 0.1) is 0 Å². The van der Waals surface area contributed by atoms with E-state index in [0.29, 0.717) is 11.3 Å². The summed E-state index contributed by atoms with van der Waals surface area (Å²) in [6.07, 6.45) is -0.770. The summed E-state index contributed by atoms with van der Waals surface area (Å²) in [6, 6.07) is 5.86. The first-order valence-electron chi connectivity index (χ1n) is 5.50. The fourth-order valence-electron chi connectivity index (χ4n) is 2.02. The number of hydrogen-bond acceptors (Lipinski definition) is 2. The maximum absolute atomic E-state index is 12.8. The van der Waals surface area contributed by atoms with Gasteiger partial charge in [0, 0.05) is 5.56 Å². The Balaban J connectivity index is 2.43. The van der Waals surface area contributed by atoms with E-state index in [2.05, 4.69) is 0 Å². The van der Waals surface area contributed by atoms with Crippen LogP contribution in [-0.4, -0.2) is 5.11 Å². The van der Waals surface area contributed by atoms with E-state index in [-0.39, 0.29) is 5.82 Å². The molecule has 0 saturated carbocycles. The molecule has 0 amide bonds. The summed E-state index contributed by atoms with van der Waals surface area (Å²) in [6.45, 7) is 5.60. The lowest BCUT2D eigenvalue weighted by Crippen LogP contribution is -2.02. The SMILES string of the molecule is Cc1oc(C)c(C(O)c2ccc(F)cc2)c1C. The van der Waals surface area contributed by atoms with Crippen LogP contribution in [0.5, 0.6) is 0 Å². The molecule has 1 aromatic carbocycles. The van der Waals surface area contributed by atoms with Gasteiger partial charge in [-0.05, 0) is 44.0 Å². The predicted molar refractivity (Wildman–Crippen MR) is 63.4 cm³/mol. The standard InChI is InChI=1S/C14H15FO2/c1-8-9(2)17-10(3)13(8)14(16)11-4-6-12(15)7-5-11/h4-7,14,16H,1-3H3. The van der Waals surface area contributed by atoms with Crippen LogP contribution in [0.4, 0.5) is 4.39 Å². The van der Waals surface area contributed by atoms with Crippen molar-refractivity contribution in [3.05, 3.63) is 58.3 Å². The summed E-state index contributed by atoms with van der Waals surface area (Å²) in [7, 11) is 0. The monoisotopic (exact) mass is 234 g/mol. The van der Waals surface area contributed by atoms with E-state index in [1.807, 2.05) is 20.8 Å². The van der Waals surface area contributed by atoms with E-state index in [4.69, 9.17) is 4.42 Å². The highest BCUT2D eigenvalue weighted by Crippen LogP contribution is 2.31. The lowest BCUT2D eigenvalue weighted by atomic mass is 9.98. The quantitative estimate of drug-likeness (QED) is 0.863. The van der Waals surface area contributed by atoms with Crippen molar-refractivity contribution < 1.29 is 13.9 Å². The zero-order chi connectivity index (χ0) is 12.6. The highest BCUT2D eigenvalue weighted by molar-refractivity contribution is 5.39. The molecule has 90 valence electrons. The zero-order valence-corrected chi connectivity index (χ0v) is 10.1. The Morgan fingerprint density at radius 3 is 2.12 bits per heavy atom. The van der Waals surface area contributed by atoms with Crippen LogP contribution in [-0.2, 0) is 0 Å². The molecule has 3 heteroatoms. The van der Waals surface area contributed by atoms with Gasteiger partial charge < -0.3 is 9.52 Å². The van der Waals surface area contributed by atoms with Gasteiger partial charge in [0.25, 0.3) is 0 Å². The molecule has 0 fully saturated rings. The van der Waals surface area contributed by atoms with E-state index in [9.17, 15) is 9.50 Å². The predicted octanol–water partition coefficient (Wildman–Crippen LogP) is 3.43. The van der Waals surface area contributed by atoms with Crippen LogP contribution in [0.1, 0.15) is 34.3 Å².